The minimum atomic E-state index is -0.241. The van der Waals surface area contributed by atoms with Crippen molar-refractivity contribution < 1.29 is 0 Å². The number of aryl methyl sites for hydroxylation is 2. The van der Waals surface area contributed by atoms with Gasteiger partial charge in [0.25, 0.3) is 5.56 Å². The average molecular weight is 465 g/mol. The van der Waals surface area contributed by atoms with E-state index in [1.54, 1.807) is 18.5 Å². The summed E-state index contributed by atoms with van der Waals surface area (Å²) in [6.07, 6.45) is 7.05. The van der Waals surface area contributed by atoms with Crippen LogP contribution in [0.3, 0.4) is 0 Å². The van der Waals surface area contributed by atoms with Crippen molar-refractivity contribution in [2.24, 2.45) is 0 Å². The second-order valence-electron chi connectivity index (χ2n) is 7.91. The smallest absolute Gasteiger partial charge is 0.260 e. The highest BCUT2D eigenvalue weighted by Gasteiger charge is 2.16. The van der Waals surface area contributed by atoms with Crippen LogP contribution in [0.2, 0.25) is 0 Å². The lowest BCUT2D eigenvalue weighted by Gasteiger charge is -2.01. The van der Waals surface area contributed by atoms with Crippen molar-refractivity contribution in [3.05, 3.63) is 98.8 Å². The number of hydrogen-bond donors (Lipinski definition) is 1. The first-order valence-electron chi connectivity index (χ1n) is 10.7. The van der Waals surface area contributed by atoms with Gasteiger partial charge >= 0.3 is 0 Å². The molecular weight excluding hydrogens is 444 g/mol. The lowest BCUT2D eigenvalue weighted by atomic mass is 10.1. The molecule has 5 rings (SSSR count). The molecule has 0 radical (unpaired) electrons. The quantitative estimate of drug-likeness (QED) is 0.370. The van der Waals surface area contributed by atoms with Crippen molar-refractivity contribution in [2.45, 2.75) is 20.4 Å². The maximum Gasteiger partial charge on any atom is 0.260 e. The number of aromatic amines is 1. The molecule has 4 heterocycles. The Balaban J connectivity index is 1.63. The number of thiophene rings is 1. The van der Waals surface area contributed by atoms with Crippen LogP contribution in [0, 0.1) is 25.2 Å². The van der Waals surface area contributed by atoms with Crippen LogP contribution >= 0.6 is 11.3 Å². The van der Waals surface area contributed by atoms with Gasteiger partial charge in [0.1, 0.15) is 16.6 Å². The van der Waals surface area contributed by atoms with E-state index in [9.17, 15) is 10.1 Å². The Morgan fingerprint density at radius 2 is 2.03 bits per heavy atom. The van der Waals surface area contributed by atoms with E-state index >= 15 is 0 Å². The van der Waals surface area contributed by atoms with Gasteiger partial charge in [-0.05, 0) is 43.2 Å². The number of benzene rings is 1. The van der Waals surface area contributed by atoms with E-state index in [0.717, 1.165) is 27.1 Å². The van der Waals surface area contributed by atoms with Crippen LogP contribution in [0.4, 0.5) is 0 Å². The molecule has 0 atom stereocenters. The number of H-pyrrole nitrogens is 1. The molecule has 0 saturated carbocycles. The van der Waals surface area contributed by atoms with E-state index in [1.807, 2.05) is 67.2 Å². The van der Waals surface area contributed by atoms with Crippen LogP contribution in [0.25, 0.3) is 33.1 Å². The van der Waals surface area contributed by atoms with Crippen molar-refractivity contribution in [1.82, 2.24) is 24.7 Å². The first kappa shape index (κ1) is 21.5. The van der Waals surface area contributed by atoms with Gasteiger partial charge in [-0.3, -0.25) is 14.5 Å². The predicted octanol–water partition coefficient (Wildman–Crippen LogP) is 4.97. The number of rotatable bonds is 5. The van der Waals surface area contributed by atoms with Gasteiger partial charge in [0.15, 0.2) is 5.82 Å². The number of aromatic nitrogens is 5. The van der Waals surface area contributed by atoms with Gasteiger partial charge in [0, 0.05) is 34.6 Å². The van der Waals surface area contributed by atoms with Crippen LogP contribution in [0.1, 0.15) is 27.4 Å². The van der Waals surface area contributed by atoms with Gasteiger partial charge in [0.05, 0.1) is 17.5 Å². The molecule has 0 saturated heterocycles. The highest BCUT2D eigenvalue weighted by Crippen LogP contribution is 2.28. The molecule has 0 aliphatic carbocycles. The number of allylic oxidation sites excluding steroid dienone is 1. The highest BCUT2D eigenvalue weighted by atomic mass is 32.1. The molecule has 0 amide bonds. The topological polar surface area (TPSA) is 100 Å². The third-order valence-electron chi connectivity index (χ3n) is 5.63. The van der Waals surface area contributed by atoms with Crippen LogP contribution in [0.15, 0.2) is 65.8 Å². The second-order valence-corrected chi connectivity index (χ2v) is 9.11. The molecule has 1 aromatic carbocycles. The molecule has 0 unspecified atom stereocenters. The fourth-order valence-electron chi connectivity index (χ4n) is 3.81. The van der Waals surface area contributed by atoms with E-state index in [0.29, 0.717) is 22.5 Å². The number of pyridine rings is 1. The normalized spacial score (nSPS) is 11.6. The molecule has 4 aromatic heterocycles. The van der Waals surface area contributed by atoms with Gasteiger partial charge in [-0.2, -0.15) is 10.4 Å². The molecule has 7 nitrogen and oxygen atoms in total. The molecule has 34 heavy (non-hydrogen) atoms. The predicted molar refractivity (Wildman–Crippen MR) is 134 cm³/mol. The zero-order chi connectivity index (χ0) is 23.7. The number of nitrogens with zero attached hydrogens (tertiary/aromatic N) is 5. The Kier molecular flexibility index (Phi) is 5.62. The summed E-state index contributed by atoms with van der Waals surface area (Å²) in [5.74, 6) is 0.245. The molecule has 1 N–H and O–H groups in total. The number of nitriles is 1. The average Bonchev–Trinajstić information content (AvgIpc) is 3.38. The van der Waals surface area contributed by atoms with Crippen LogP contribution in [-0.2, 0) is 6.54 Å². The molecule has 0 fully saturated rings. The minimum absolute atomic E-state index is 0.241. The highest BCUT2D eigenvalue weighted by molar-refractivity contribution is 7.18. The third kappa shape index (κ3) is 4.05. The standard InChI is InChI=1S/C26H20N6OS/c1-16-17(2)34-26-22(16)25(33)29-24(30-26)20(12-27)11-21-15-32(14-18-7-4-3-5-8-18)31-23(21)19-9-6-10-28-13-19/h3-11,13,15H,14H2,1-2H3,(H,29,30,33). The van der Waals surface area contributed by atoms with E-state index in [-0.39, 0.29) is 17.0 Å². The zero-order valence-corrected chi connectivity index (χ0v) is 19.4. The molecule has 8 heteroatoms. The second kappa shape index (κ2) is 8.89. The van der Waals surface area contributed by atoms with Gasteiger partial charge in [0.2, 0.25) is 0 Å². The summed E-state index contributed by atoms with van der Waals surface area (Å²) >= 11 is 1.45. The van der Waals surface area contributed by atoms with Crippen molar-refractivity contribution in [3.8, 4) is 17.3 Å². The Morgan fingerprint density at radius 1 is 1.21 bits per heavy atom. The summed E-state index contributed by atoms with van der Waals surface area (Å²) in [5.41, 5.74) is 4.31. The SMILES string of the molecule is Cc1sc2nc(C(C#N)=Cc3cn(Cc4ccccc4)nc3-c3cccnc3)[nH]c(=O)c2c1C. The molecule has 0 aliphatic rings. The summed E-state index contributed by atoms with van der Waals surface area (Å²) in [7, 11) is 0. The Bertz CT molecular complexity index is 1620. The lowest BCUT2D eigenvalue weighted by molar-refractivity contribution is 0.689. The first-order chi connectivity index (χ1) is 16.5. The van der Waals surface area contributed by atoms with Crippen molar-refractivity contribution in [2.75, 3.05) is 0 Å². The number of nitrogens with one attached hydrogen (secondary N) is 1. The molecule has 0 bridgehead atoms. The van der Waals surface area contributed by atoms with Crippen LogP contribution < -0.4 is 5.56 Å². The first-order valence-corrected chi connectivity index (χ1v) is 11.5. The zero-order valence-electron chi connectivity index (χ0n) is 18.6. The largest absolute Gasteiger partial charge is 0.305 e. The number of fused-ring (bicyclic) bond motifs is 1. The monoisotopic (exact) mass is 464 g/mol. The fourth-order valence-corrected chi connectivity index (χ4v) is 4.84. The molecule has 5 aromatic rings. The van der Waals surface area contributed by atoms with Crippen LogP contribution in [0.5, 0.6) is 0 Å². The molecule has 0 spiro atoms. The van der Waals surface area contributed by atoms with Gasteiger partial charge in [-0.15, -0.1) is 11.3 Å². The maximum atomic E-state index is 12.8. The Hall–Kier alpha value is -4.35. The van der Waals surface area contributed by atoms with Crippen LogP contribution in [-0.4, -0.2) is 24.7 Å². The van der Waals surface area contributed by atoms with Crippen molar-refractivity contribution >= 4 is 33.2 Å². The molecule has 0 aliphatic heterocycles. The minimum Gasteiger partial charge on any atom is -0.305 e. The third-order valence-corrected chi connectivity index (χ3v) is 6.73. The van der Waals surface area contributed by atoms with E-state index < -0.39 is 0 Å². The number of hydrogen-bond acceptors (Lipinski definition) is 6. The fraction of sp³-hybridized carbons (Fsp3) is 0.115. The van der Waals surface area contributed by atoms with Crippen molar-refractivity contribution in [1.29, 1.82) is 5.26 Å². The molecule has 166 valence electrons. The van der Waals surface area contributed by atoms with Gasteiger partial charge in [-0.25, -0.2) is 4.98 Å². The van der Waals surface area contributed by atoms with Gasteiger partial charge in [-0.1, -0.05) is 30.3 Å². The lowest BCUT2D eigenvalue weighted by Crippen LogP contribution is -2.10. The summed E-state index contributed by atoms with van der Waals surface area (Å²) in [6.45, 7) is 4.45. The Morgan fingerprint density at radius 3 is 2.76 bits per heavy atom. The summed E-state index contributed by atoms with van der Waals surface area (Å²) in [4.78, 5) is 26.0. The Labute approximate surface area is 199 Å². The summed E-state index contributed by atoms with van der Waals surface area (Å²) < 4.78 is 1.84. The van der Waals surface area contributed by atoms with E-state index in [2.05, 4.69) is 21.0 Å². The van der Waals surface area contributed by atoms with E-state index in [1.165, 1.54) is 11.3 Å². The summed E-state index contributed by atoms with van der Waals surface area (Å²) in [6, 6.07) is 16.0. The van der Waals surface area contributed by atoms with E-state index in [4.69, 9.17) is 5.10 Å². The molecular formula is C26H20N6OS. The summed E-state index contributed by atoms with van der Waals surface area (Å²) in [5, 5.41) is 15.3. The maximum absolute atomic E-state index is 12.8. The van der Waals surface area contributed by atoms with Gasteiger partial charge < -0.3 is 4.98 Å². The van der Waals surface area contributed by atoms with Crippen molar-refractivity contribution in [3.63, 3.8) is 0 Å².